The summed E-state index contributed by atoms with van der Waals surface area (Å²) < 4.78 is 14.5. The highest BCUT2D eigenvalue weighted by atomic mass is 19.1. The van der Waals surface area contributed by atoms with E-state index in [-0.39, 0.29) is 17.6 Å². The van der Waals surface area contributed by atoms with Crippen LogP contribution in [0.5, 0.6) is 0 Å². The molecule has 5 heteroatoms. The van der Waals surface area contributed by atoms with Gasteiger partial charge in [-0.3, -0.25) is 9.59 Å². The van der Waals surface area contributed by atoms with Gasteiger partial charge in [0.15, 0.2) is 0 Å². The van der Waals surface area contributed by atoms with Crippen molar-refractivity contribution in [3.63, 3.8) is 0 Å². The van der Waals surface area contributed by atoms with Gasteiger partial charge < -0.3 is 10.2 Å². The lowest BCUT2D eigenvalue weighted by Crippen LogP contribution is -2.36. The summed E-state index contributed by atoms with van der Waals surface area (Å²) in [6, 6.07) is 14.3. The maximum absolute atomic E-state index is 14.5. The Kier molecular flexibility index (Phi) is 5.12. The van der Waals surface area contributed by atoms with Crippen LogP contribution in [-0.2, 0) is 9.59 Å². The Hall–Kier alpha value is -2.69. The Bertz CT molecular complexity index is 777. The van der Waals surface area contributed by atoms with Crippen molar-refractivity contribution in [3.05, 3.63) is 59.9 Å². The van der Waals surface area contributed by atoms with Gasteiger partial charge in [-0.15, -0.1) is 0 Å². The molecule has 1 saturated heterocycles. The molecule has 0 bridgehead atoms. The average molecular weight is 340 g/mol. The van der Waals surface area contributed by atoms with Crippen molar-refractivity contribution in [2.24, 2.45) is 0 Å². The van der Waals surface area contributed by atoms with Crippen LogP contribution in [0.15, 0.2) is 48.5 Å². The van der Waals surface area contributed by atoms with Crippen LogP contribution in [0.2, 0.25) is 0 Å². The average Bonchev–Trinajstić information content (AvgIpc) is 2.85. The maximum atomic E-state index is 14.5. The summed E-state index contributed by atoms with van der Waals surface area (Å²) in [5.74, 6) is -0.909. The van der Waals surface area contributed by atoms with Crippen LogP contribution in [0.1, 0.15) is 24.8 Å². The molecular formula is C20H21FN2O2. The van der Waals surface area contributed by atoms with E-state index in [2.05, 4.69) is 5.32 Å². The predicted octanol–water partition coefficient (Wildman–Crippen LogP) is 2.94. The van der Waals surface area contributed by atoms with E-state index in [1.165, 1.54) is 6.07 Å². The number of hydrogen-bond acceptors (Lipinski definition) is 2. The summed E-state index contributed by atoms with van der Waals surface area (Å²) >= 11 is 0. The lowest BCUT2D eigenvalue weighted by atomic mass is 9.96. The number of amides is 2. The first-order valence-electron chi connectivity index (χ1n) is 8.46. The topological polar surface area (TPSA) is 49.4 Å². The molecule has 1 heterocycles. The van der Waals surface area contributed by atoms with Gasteiger partial charge in [-0.2, -0.15) is 0 Å². The van der Waals surface area contributed by atoms with Crippen LogP contribution in [-0.4, -0.2) is 36.3 Å². The smallest absolute Gasteiger partial charge is 0.229 e. The third-order valence-corrected chi connectivity index (χ3v) is 4.57. The number of nitrogens with zero attached hydrogens (tertiary/aromatic N) is 1. The highest BCUT2D eigenvalue weighted by molar-refractivity contribution is 5.85. The first kappa shape index (κ1) is 17.1. The van der Waals surface area contributed by atoms with Gasteiger partial charge in [-0.05, 0) is 24.1 Å². The fourth-order valence-corrected chi connectivity index (χ4v) is 3.06. The highest BCUT2D eigenvalue weighted by Crippen LogP contribution is 2.27. The lowest BCUT2D eigenvalue weighted by Gasteiger charge is -2.24. The van der Waals surface area contributed by atoms with Gasteiger partial charge in [0.05, 0.1) is 5.92 Å². The molecule has 1 N–H and O–H groups in total. The fraction of sp³-hybridized carbons (Fsp3) is 0.300. The van der Waals surface area contributed by atoms with Crippen molar-refractivity contribution in [2.45, 2.75) is 19.3 Å². The summed E-state index contributed by atoms with van der Waals surface area (Å²) in [5.41, 5.74) is 1.97. The third kappa shape index (κ3) is 3.87. The summed E-state index contributed by atoms with van der Waals surface area (Å²) in [5, 5.41) is 2.75. The molecule has 0 radical (unpaired) electrons. The Morgan fingerprint density at radius 1 is 1.16 bits per heavy atom. The molecule has 0 saturated carbocycles. The number of halogens is 1. The molecule has 3 rings (SSSR count). The zero-order valence-electron chi connectivity index (χ0n) is 14.2. The summed E-state index contributed by atoms with van der Waals surface area (Å²) in [7, 11) is 0. The molecule has 1 fully saturated rings. The van der Waals surface area contributed by atoms with Gasteiger partial charge >= 0.3 is 0 Å². The Morgan fingerprint density at radius 2 is 1.92 bits per heavy atom. The Balaban J connectivity index is 1.78. The molecule has 1 unspecified atom stereocenters. The van der Waals surface area contributed by atoms with Crippen LogP contribution < -0.4 is 5.32 Å². The highest BCUT2D eigenvalue weighted by Gasteiger charge is 2.24. The normalized spacial score (nSPS) is 16.1. The van der Waals surface area contributed by atoms with E-state index in [1.807, 2.05) is 30.3 Å². The van der Waals surface area contributed by atoms with Crippen LogP contribution in [0.3, 0.4) is 0 Å². The molecule has 130 valence electrons. The molecule has 1 atom stereocenters. The second kappa shape index (κ2) is 7.47. The molecule has 1 aliphatic rings. The first-order chi connectivity index (χ1) is 12.1. The minimum absolute atomic E-state index is 0.0405. The lowest BCUT2D eigenvalue weighted by molar-refractivity contribution is -0.132. The molecule has 25 heavy (non-hydrogen) atoms. The van der Waals surface area contributed by atoms with Crippen molar-refractivity contribution in [1.29, 1.82) is 0 Å². The van der Waals surface area contributed by atoms with E-state index in [4.69, 9.17) is 0 Å². The summed E-state index contributed by atoms with van der Waals surface area (Å²) in [6.45, 7) is 3.12. The standard InChI is InChI=1S/C20H21FN2O2/c1-14(20(25)23-11-9-19(24)22-10-12-23)16-7-8-17(18(21)13-16)15-5-3-2-4-6-15/h2-8,13-14H,9-12H2,1H3,(H,22,24). The Labute approximate surface area is 146 Å². The zero-order valence-corrected chi connectivity index (χ0v) is 14.2. The van der Waals surface area contributed by atoms with Crippen molar-refractivity contribution < 1.29 is 14.0 Å². The first-order valence-corrected chi connectivity index (χ1v) is 8.46. The zero-order chi connectivity index (χ0) is 17.8. The van der Waals surface area contributed by atoms with Crippen molar-refractivity contribution in [2.75, 3.05) is 19.6 Å². The minimum atomic E-state index is -0.451. The van der Waals surface area contributed by atoms with E-state index >= 15 is 0 Å². The summed E-state index contributed by atoms with van der Waals surface area (Å²) in [6.07, 6.45) is 0.305. The minimum Gasteiger partial charge on any atom is -0.354 e. The second-order valence-electron chi connectivity index (χ2n) is 6.25. The van der Waals surface area contributed by atoms with Crippen LogP contribution in [0.4, 0.5) is 4.39 Å². The van der Waals surface area contributed by atoms with Crippen LogP contribution in [0, 0.1) is 5.82 Å². The number of rotatable bonds is 3. The monoisotopic (exact) mass is 340 g/mol. The molecule has 0 spiro atoms. The van der Waals surface area contributed by atoms with Crippen molar-refractivity contribution in [3.8, 4) is 11.1 Å². The quantitative estimate of drug-likeness (QED) is 0.934. The predicted molar refractivity (Wildman–Crippen MR) is 94.5 cm³/mol. The molecule has 2 aromatic carbocycles. The molecular weight excluding hydrogens is 319 g/mol. The van der Waals surface area contributed by atoms with E-state index < -0.39 is 5.92 Å². The van der Waals surface area contributed by atoms with E-state index in [1.54, 1.807) is 24.0 Å². The molecule has 4 nitrogen and oxygen atoms in total. The maximum Gasteiger partial charge on any atom is 0.229 e. The summed E-state index contributed by atoms with van der Waals surface area (Å²) in [4.78, 5) is 25.8. The SMILES string of the molecule is CC(C(=O)N1CCNC(=O)CC1)c1ccc(-c2ccccc2)c(F)c1. The van der Waals surface area contributed by atoms with Crippen molar-refractivity contribution in [1.82, 2.24) is 10.2 Å². The van der Waals surface area contributed by atoms with Crippen LogP contribution >= 0.6 is 0 Å². The molecule has 0 aromatic heterocycles. The van der Waals surface area contributed by atoms with E-state index in [0.29, 0.717) is 37.2 Å². The Morgan fingerprint density at radius 3 is 2.64 bits per heavy atom. The van der Waals surface area contributed by atoms with Crippen LogP contribution in [0.25, 0.3) is 11.1 Å². The van der Waals surface area contributed by atoms with Gasteiger partial charge in [0.2, 0.25) is 11.8 Å². The number of benzene rings is 2. The van der Waals surface area contributed by atoms with Gasteiger partial charge in [0, 0.05) is 31.6 Å². The van der Waals surface area contributed by atoms with E-state index in [0.717, 1.165) is 5.56 Å². The second-order valence-corrected chi connectivity index (χ2v) is 6.25. The van der Waals surface area contributed by atoms with Gasteiger partial charge in [-0.25, -0.2) is 4.39 Å². The molecule has 2 aromatic rings. The van der Waals surface area contributed by atoms with Gasteiger partial charge in [0.25, 0.3) is 0 Å². The van der Waals surface area contributed by atoms with Crippen molar-refractivity contribution >= 4 is 11.8 Å². The molecule has 2 amide bonds. The fourth-order valence-electron chi connectivity index (χ4n) is 3.06. The molecule has 0 aliphatic carbocycles. The molecule has 1 aliphatic heterocycles. The van der Waals surface area contributed by atoms with Gasteiger partial charge in [-0.1, -0.05) is 42.5 Å². The van der Waals surface area contributed by atoms with E-state index in [9.17, 15) is 14.0 Å². The number of carbonyl (C=O) groups excluding carboxylic acids is 2. The number of hydrogen-bond donors (Lipinski definition) is 1. The number of carbonyl (C=O) groups is 2. The third-order valence-electron chi connectivity index (χ3n) is 4.57. The van der Waals surface area contributed by atoms with Gasteiger partial charge in [0.1, 0.15) is 5.82 Å². The number of nitrogens with one attached hydrogen (secondary N) is 1. The largest absolute Gasteiger partial charge is 0.354 e.